The first-order valence-electron chi connectivity index (χ1n) is 8.19. The van der Waals surface area contributed by atoms with Gasteiger partial charge < -0.3 is 5.32 Å². The maximum atomic E-state index is 3.77. The summed E-state index contributed by atoms with van der Waals surface area (Å²) in [6.45, 7) is 9.52. The van der Waals surface area contributed by atoms with Crippen molar-refractivity contribution < 1.29 is 0 Å². The molecule has 19 heavy (non-hydrogen) atoms. The van der Waals surface area contributed by atoms with Crippen LogP contribution in [0.15, 0.2) is 0 Å². The topological polar surface area (TPSA) is 15.3 Å². The summed E-state index contributed by atoms with van der Waals surface area (Å²) in [6.07, 6.45) is 9.33. The molecule has 0 spiro atoms. The van der Waals surface area contributed by atoms with Crippen molar-refractivity contribution in [3.63, 3.8) is 0 Å². The second kappa shape index (κ2) is 7.33. The normalized spacial score (nSPS) is 37.7. The molecule has 2 fully saturated rings. The predicted octanol–water partition coefficient (Wildman–Crippen LogP) is 3.37. The quantitative estimate of drug-likeness (QED) is 0.852. The Morgan fingerprint density at radius 2 is 2.00 bits per heavy atom. The van der Waals surface area contributed by atoms with E-state index in [0.717, 1.165) is 23.3 Å². The molecule has 3 heteroatoms. The molecule has 0 bridgehead atoms. The summed E-state index contributed by atoms with van der Waals surface area (Å²) in [6, 6.07) is 2.28. The molecule has 112 valence electrons. The van der Waals surface area contributed by atoms with Gasteiger partial charge in [-0.05, 0) is 31.4 Å². The van der Waals surface area contributed by atoms with Gasteiger partial charge in [-0.3, -0.25) is 4.90 Å². The predicted molar refractivity (Wildman–Crippen MR) is 87.0 cm³/mol. The highest BCUT2D eigenvalue weighted by atomic mass is 32.2. The Kier molecular flexibility index (Phi) is 6.04. The van der Waals surface area contributed by atoms with Crippen LogP contribution in [0.1, 0.15) is 52.9 Å². The van der Waals surface area contributed by atoms with Crippen LogP contribution in [-0.2, 0) is 0 Å². The van der Waals surface area contributed by atoms with Crippen molar-refractivity contribution in [2.75, 3.05) is 19.3 Å². The molecule has 1 saturated carbocycles. The molecule has 0 amide bonds. The molecule has 1 heterocycles. The Morgan fingerprint density at radius 1 is 1.26 bits per heavy atom. The van der Waals surface area contributed by atoms with E-state index in [9.17, 15) is 0 Å². The molecule has 0 aromatic carbocycles. The van der Waals surface area contributed by atoms with Crippen molar-refractivity contribution in [3.05, 3.63) is 0 Å². The molecule has 4 unspecified atom stereocenters. The third kappa shape index (κ3) is 3.68. The SMILES string of the molecule is CCC1CNC(C(C)C)CN1C1CCCCC1SC. The standard InChI is InChI=1S/C16H32N2S/c1-5-13-10-17-14(12(2)3)11-18(13)15-8-6-7-9-16(15)19-4/h12-17H,5-11H2,1-4H3. The van der Waals surface area contributed by atoms with Crippen molar-refractivity contribution in [2.45, 2.75) is 76.3 Å². The summed E-state index contributed by atoms with van der Waals surface area (Å²) in [7, 11) is 0. The lowest BCUT2D eigenvalue weighted by atomic mass is 9.89. The first kappa shape index (κ1) is 15.7. The van der Waals surface area contributed by atoms with Gasteiger partial charge in [0, 0.05) is 36.5 Å². The van der Waals surface area contributed by atoms with Crippen molar-refractivity contribution in [3.8, 4) is 0 Å². The van der Waals surface area contributed by atoms with Gasteiger partial charge in [0.05, 0.1) is 0 Å². The lowest BCUT2D eigenvalue weighted by Crippen LogP contribution is -2.62. The summed E-state index contributed by atoms with van der Waals surface area (Å²) in [5, 5.41) is 4.64. The van der Waals surface area contributed by atoms with Gasteiger partial charge in [0.1, 0.15) is 0 Å². The van der Waals surface area contributed by atoms with Gasteiger partial charge in [-0.25, -0.2) is 0 Å². The highest BCUT2D eigenvalue weighted by molar-refractivity contribution is 7.99. The van der Waals surface area contributed by atoms with Gasteiger partial charge in [-0.2, -0.15) is 11.8 Å². The minimum Gasteiger partial charge on any atom is -0.311 e. The average Bonchev–Trinajstić information content (AvgIpc) is 2.46. The van der Waals surface area contributed by atoms with Crippen LogP contribution in [0.25, 0.3) is 0 Å². The molecule has 4 atom stereocenters. The number of hydrogen-bond donors (Lipinski definition) is 1. The molecule has 0 radical (unpaired) electrons. The van der Waals surface area contributed by atoms with E-state index in [1.54, 1.807) is 0 Å². The molecule has 0 aromatic heterocycles. The molecule has 1 aliphatic carbocycles. The summed E-state index contributed by atoms with van der Waals surface area (Å²) in [5.74, 6) is 0.747. The van der Waals surface area contributed by atoms with Gasteiger partial charge >= 0.3 is 0 Å². The minimum absolute atomic E-state index is 0.687. The third-order valence-electron chi connectivity index (χ3n) is 5.16. The third-order valence-corrected chi connectivity index (χ3v) is 6.32. The van der Waals surface area contributed by atoms with Gasteiger partial charge in [-0.15, -0.1) is 0 Å². The highest BCUT2D eigenvalue weighted by Gasteiger charge is 2.37. The van der Waals surface area contributed by atoms with E-state index in [-0.39, 0.29) is 0 Å². The van der Waals surface area contributed by atoms with E-state index < -0.39 is 0 Å². The summed E-state index contributed by atoms with van der Waals surface area (Å²) in [4.78, 5) is 2.88. The molecule has 0 aromatic rings. The van der Waals surface area contributed by atoms with Gasteiger partial charge in [0.25, 0.3) is 0 Å². The van der Waals surface area contributed by atoms with E-state index in [1.165, 1.54) is 45.2 Å². The zero-order chi connectivity index (χ0) is 13.8. The maximum absolute atomic E-state index is 3.77. The van der Waals surface area contributed by atoms with Crippen LogP contribution in [0.2, 0.25) is 0 Å². The second-order valence-corrected chi connectivity index (χ2v) is 7.72. The van der Waals surface area contributed by atoms with Crippen molar-refractivity contribution in [2.24, 2.45) is 5.92 Å². The van der Waals surface area contributed by atoms with Crippen LogP contribution >= 0.6 is 11.8 Å². The molecule has 1 saturated heterocycles. The molecule has 1 aliphatic heterocycles. The number of nitrogens with zero attached hydrogens (tertiary/aromatic N) is 1. The van der Waals surface area contributed by atoms with Gasteiger partial charge in [0.15, 0.2) is 0 Å². The van der Waals surface area contributed by atoms with Crippen molar-refractivity contribution in [1.82, 2.24) is 10.2 Å². The largest absolute Gasteiger partial charge is 0.311 e. The van der Waals surface area contributed by atoms with Crippen molar-refractivity contribution >= 4 is 11.8 Å². The Bertz CT molecular complexity index is 269. The molecular formula is C16H32N2S. The minimum atomic E-state index is 0.687. The molecule has 2 nitrogen and oxygen atoms in total. The maximum Gasteiger partial charge on any atom is 0.0222 e. The first-order valence-corrected chi connectivity index (χ1v) is 9.48. The van der Waals surface area contributed by atoms with Crippen LogP contribution in [0, 0.1) is 5.92 Å². The van der Waals surface area contributed by atoms with E-state index >= 15 is 0 Å². The smallest absolute Gasteiger partial charge is 0.0222 e. The zero-order valence-corrected chi connectivity index (χ0v) is 14.0. The molecule has 1 N–H and O–H groups in total. The highest BCUT2D eigenvalue weighted by Crippen LogP contribution is 2.33. The molecule has 2 aliphatic rings. The average molecular weight is 285 g/mol. The number of hydrogen-bond acceptors (Lipinski definition) is 3. The van der Waals surface area contributed by atoms with E-state index in [0.29, 0.717) is 6.04 Å². The van der Waals surface area contributed by atoms with E-state index in [2.05, 4.69) is 49.0 Å². The fourth-order valence-corrected chi connectivity index (χ4v) is 4.82. The summed E-state index contributed by atoms with van der Waals surface area (Å²) < 4.78 is 0. The van der Waals surface area contributed by atoms with E-state index in [1.807, 2.05) is 0 Å². The van der Waals surface area contributed by atoms with Crippen molar-refractivity contribution in [1.29, 1.82) is 0 Å². The Labute approximate surface area is 124 Å². The Balaban J connectivity index is 2.07. The fourth-order valence-electron chi connectivity index (χ4n) is 3.81. The number of nitrogens with one attached hydrogen (secondary N) is 1. The first-order chi connectivity index (χ1) is 9.17. The van der Waals surface area contributed by atoms with Gasteiger partial charge in [-0.1, -0.05) is 33.6 Å². The zero-order valence-electron chi connectivity index (χ0n) is 13.2. The molecular weight excluding hydrogens is 252 g/mol. The summed E-state index contributed by atoms with van der Waals surface area (Å²) >= 11 is 2.11. The Hall–Kier alpha value is 0.270. The number of thioether (sulfide) groups is 1. The van der Waals surface area contributed by atoms with Gasteiger partial charge in [0.2, 0.25) is 0 Å². The number of piperazine rings is 1. The van der Waals surface area contributed by atoms with Crippen LogP contribution in [-0.4, -0.2) is 47.6 Å². The Morgan fingerprint density at radius 3 is 2.63 bits per heavy atom. The van der Waals surface area contributed by atoms with Crippen LogP contribution in [0.5, 0.6) is 0 Å². The summed E-state index contributed by atoms with van der Waals surface area (Å²) in [5.41, 5.74) is 0. The lowest BCUT2D eigenvalue weighted by Gasteiger charge is -2.49. The molecule has 2 rings (SSSR count). The van der Waals surface area contributed by atoms with Crippen LogP contribution < -0.4 is 5.32 Å². The van der Waals surface area contributed by atoms with Crippen LogP contribution in [0.3, 0.4) is 0 Å². The van der Waals surface area contributed by atoms with E-state index in [4.69, 9.17) is 0 Å². The fraction of sp³-hybridized carbons (Fsp3) is 1.00. The lowest BCUT2D eigenvalue weighted by molar-refractivity contribution is 0.0529. The monoisotopic (exact) mass is 284 g/mol. The number of rotatable bonds is 4. The second-order valence-electron chi connectivity index (χ2n) is 6.64. The van der Waals surface area contributed by atoms with Crippen LogP contribution in [0.4, 0.5) is 0 Å².